The van der Waals surface area contributed by atoms with Crippen molar-refractivity contribution in [3.05, 3.63) is 42.2 Å². The van der Waals surface area contributed by atoms with Gasteiger partial charge in [-0.1, -0.05) is 0 Å². The predicted octanol–water partition coefficient (Wildman–Crippen LogP) is 1.79. The Labute approximate surface area is 91.4 Å². The number of hydrogen-bond donors (Lipinski definition) is 1. The topological polar surface area (TPSA) is 72.3 Å². The summed E-state index contributed by atoms with van der Waals surface area (Å²) in [6.45, 7) is 0. The van der Waals surface area contributed by atoms with Gasteiger partial charge in [0.1, 0.15) is 11.5 Å². The molecule has 1 N–H and O–H groups in total. The molecule has 1 heterocycles. The van der Waals surface area contributed by atoms with Gasteiger partial charge in [-0.15, -0.1) is 0 Å². The van der Waals surface area contributed by atoms with Gasteiger partial charge in [0.2, 0.25) is 0 Å². The van der Waals surface area contributed by atoms with Gasteiger partial charge in [0.25, 0.3) is 0 Å². The summed E-state index contributed by atoms with van der Waals surface area (Å²) in [5.74, 6) is 0.234. The van der Waals surface area contributed by atoms with Gasteiger partial charge in [0.05, 0.1) is 5.56 Å². The minimum absolute atomic E-state index is 0.136. The number of aldehydes is 1. The lowest BCUT2D eigenvalue weighted by atomic mass is 10.2. The summed E-state index contributed by atoms with van der Waals surface area (Å²) in [4.78, 5) is 18.2. The second kappa shape index (κ2) is 4.39. The van der Waals surface area contributed by atoms with Crippen LogP contribution in [-0.2, 0) is 0 Å². The van der Waals surface area contributed by atoms with Gasteiger partial charge in [0.15, 0.2) is 6.29 Å². The molecule has 80 valence electrons. The summed E-state index contributed by atoms with van der Waals surface area (Å²) in [5, 5.41) is 9.42. The van der Waals surface area contributed by atoms with Crippen LogP contribution in [0.15, 0.2) is 36.7 Å². The Bertz CT molecular complexity index is 500. The molecule has 0 atom stereocenters. The first-order valence-corrected chi connectivity index (χ1v) is 4.52. The summed E-state index contributed by atoms with van der Waals surface area (Å²) >= 11 is 0. The van der Waals surface area contributed by atoms with Crippen LogP contribution in [0.5, 0.6) is 17.5 Å². The lowest BCUT2D eigenvalue weighted by Crippen LogP contribution is -1.90. The Morgan fingerprint density at radius 2 is 2.00 bits per heavy atom. The van der Waals surface area contributed by atoms with Crippen LogP contribution >= 0.6 is 0 Å². The standard InChI is InChI=1S/C11H8N2O3/c14-7-8-2-3-9(6-10(8)15)16-11-12-4-1-5-13-11/h1-7,15H. The monoisotopic (exact) mass is 216 g/mol. The second-order valence-electron chi connectivity index (χ2n) is 2.97. The average molecular weight is 216 g/mol. The van der Waals surface area contributed by atoms with Gasteiger partial charge in [-0.05, 0) is 18.2 Å². The van der Waals surface area contributed by atoms with Crippen molar-refractivity contribution in [2.45, 2.75) is 0 Å². The molecule has 1 aromatic heterocycles. The Kier molecular flexibility index (Phi) is 2.77. The molecule has 0 aliphatic carbocycles. The fourth-order valence-electron chi connectivity index (χ4n) is 1.13. The molecule has 0 saturated heterocycles. The third-order valence-electron chi connectivity index (χ3n) is 1.88. The lowest BCUT2D eigenvalue weighted by Gasteiger charge is -2.04. The normalized spacial score (nSPS) is 9.75. The maximum absolute atomic E-state index is 10.5. The van der Waals surface area contributed by atoms with Crippen LogP contribution < -0.4 is 4.74 Å². The van der Waals surface area contributed by atoms with Crippen LogP contribution in [0.4, 0.5) is 0 Å². The Hall–Kier alpha value is -2.43. The zero-order valence-corrected chi connectivity index (χ0v) is 8.20. The molecular formula is C11H8N2O3. The van der Waals surface area contributed by atoms with E-state index < -0.39 is 0 Å². The Morgan fingerprint density at radius 1 is 1.25 bits per heavy atom. The summed E-state index contributed by atoms with van der Waals surface area (Å²) < 4.78 is 5.26. The van der Waals surface area contributed by atoms with Crippen LogP contribution in [0.25, 0.3) is 0 Å². The van der Waals surface area contributed by atoms with E-state index in [4.69, 9.17) is 4.74 Å². The molecule has 2 rings (SSSR count). The SMILES string of the molecule is O=Cc1ccc(Oc2ncccn2)cc1O. The van der Waals surface area contributed by atoms with Gasteiger partial charge >= 0.3 is 6.01 Å². The molecule has 5 nitrogen and oxygen atoms in total. The summed E-state index contributed by atoms with van der Waals surface area (Å²) in [6.07, 6.45) is 3.65. The zero-order chi connectivity index (χ0) is 11.4. The number of ether oxygens (including phenoxy) is 1. The van der Waals surface area contributed by atoms with Gasteiger partial charge < -0.3 is 9.84 Å². The van der Waals surface area contributed by atoms with Crippen molar-refractivity contribution in [1.82, 2.24) is 9.97 Å². The van der Waals surface area contributed by atoms with Crippen molar-refractivity contribution in [1.29, 1.82) is 0 Å². The Morgan fingerprint density at radius 3 is 2.62 bits per heavy atom. The maximum Gasteiger partial charge on any atom is 0.321 e. The zero-order valence-electron chi connectivity index (χ0n) is 8.20. The van der Waals surface area contributed by atoms with Crippen molar-refractivity contribution in [3.63, 3.8) is 0 Å². The largest absolute Gasteiger partial charge is 0.507 e. The first-order chi connectivity index (χ1) is 7.79. The highest BCUT2D eigenvalue weighted by molar-refractivity contribution is 5.79. The summed E-state index contributed by atoms with van der Waals surface area (Å²) in [6, 6.07) is 6.20. The number of phenols is 1. The van der Waals surface area contributed by atoms with Crippen LogP contribution in [-0.4, -0.2) is 21.4 Å². The van der Waals surface area contributed by atoms with Crippen molar-refractivity contribution in [3.8, 4) is 17.5 Å². The number of hydrogen-bond acceptors (Lipinski definition) is 5. The number of aromatic nitrogens is 2. The minimum Gasteiger partial charge on any atom is -0.507 e. The summed E-state index contributed by atoms with van der Waals surface area (Å²) in [7, 11) is 0. The molecule has 0 bridgehead atoms. The van der Waals surface area contributed by atoms with Gasteiger partial charge in [-0.25, -0.2) is 9.97 Å². The van der Waals surface area contributed by atoms with Crippen molar-refractivity contribution in [2.24, 2.45) is 0 Å². The van der Waals surface area contributed by atoms with E-state index in [1.807, 2.05) is 0 Å². The summed E-state index contributed by atoms with van der Waals surface area (Å²) in [5.41, 5.74) is 0.210. The van der Waals surface area contributed by atoms with Gasteiger partial charge in [-0.2, -0.15) is 0 Å². The number of benzene rings is 1. The first-order valence-electron chi connectivity index (χ1n) is 4.52. The van der Waals surface area contributed by atoms with Crippen molar-refractivity contribution < 1.29 is 14.6 Å². The molecule has 0 aliphatic rings. The molecule has 1 aromatic carbocycles. The molecule has 0 saturated carbocycles. The van der Waals surface area contributed by atoms with Gasteiger partial charge in [-0.3, -0.25) is 4.79 Å². The average Bonchev–Trinajstić information content (AvgIpc) is 2.31. The molecule has 0 aliphatic heterocycles. The van der Waals surface area contributed by atoms with Gasteiger partial charge in [0, 0.05) is 18.5 Å². The molecule has 0 radical (unpaired) electrons. The number of rotatable bonds is 3. The number of carbonyl (C=O) groups is 1. The van der Waals surface area contributed by atoms with Crippen LogP contribution in [0.1, 0.15) is 10.4 Å². The number of carbonyl (C=O) groups excluding carboxylic acids is 1. The smallest absolute Gasteiger partial charge is 0.321 e. The van der Waals surface area contributed by atoms with E-state index in [9.17, 15) is 9.90 Å². The van der Waals surface area contributed by atoms with Crippen LogP contribution in [0.3, 0.4) is 0 Å². The lowest BCUT2D eigenvalue weighted by molar-refractivity contribution is 0.112. The molecule has 0 fully saturated rings. The van der Waals surface area contributed by atoms with E-state index in [1.165, 1.54) is 12.1 Å². The molecule has 0 unspecified atom stereocenters. The second-order valence-corrected chi connectivity index (χ2v) is 2.97. The molecule has 16 heavy (non-hydrogen) atoms. The Balaban J connectivity index is 2.23. The van der Waals surface area contributed by atoms with E-state index >= 15 is 0 Å². The quantitative estimate of drug-likeness (QED) is 0.792. The molecule has 2 aromatic rings. The highest BCUT2D eigenvalue weighted by atomic mass is 16.5. The van der Waals surface area contributed by atoms with Crippen LogP contribution in [0.2, 0.25) is 0 Å². The third kappa shape index (κ3) is 2.14. The van der Waals surface area contributed by atoms with E-state index in [0.29, 0.717) is 12.0 Å². The maximum atomic E-state index is 10.5. The minimum atomic E-state index is -0.136. The van der Waals surface area contributed by atoms with Crippen molar-refractivity contribution >= 4 is 6.29 Å². The van der Waals surface area contributed by atoms with Crippen LogP contribution in [0, 0.1) is 0 Å². The molecule has 5 heteroatoms. The number of nitrogens with zero attached hydrogens (tertiary/aromatic N) is 2. The van der Waals surface area contributed by atoms with E-state index in [1.54, 1.807) is 24.5 Å². The fourth-order valence-corrected chi connectivity index (χ4v) is 1.13. The highest BCUT2D eigenvalue weighted by Crippen LogP contribution is 2.24. The van der Waals surface area contributed by atoms with E-state index in [2.05, 4.69) is 9.97 Å². The highest BCUT2D eigenvalue weighted by Gasteiger charge is 2.04. The van der Waals surface area contributed by atoms with E-state index in [0.717, 1.165) is 0 Å². The predicted molar refractivity (Wildman–Crippen MR) is 55.6 cm³/mol. The van der Waals surface area contributed by atoms with E-state index in [-0.39, 0.29) is 17.3 Å². The fraction of sp³-hybridized carbons (Fsp3) is 0. The molecule has 0 amide bonds. The molecule has 0 spiro atoms. The number of phenolic OH excluding ortho intramolecular Hbond substituents is 1. The molecular weight excluding hydrogens is 208 g/mol. The first kappa shape index (κ1) is 10.1. The third-order valence-corrected chi connectivity index (χ3v) is 1.88. The number of aromatic hydroxyl groups is 1. The van der Waals surface area contributed by atoms with Crippen molar-refractivity contribution in [2.75, 3.05) is 0 Å².